The Morgan fingerprint density at radius 1 is 1.21 bits per heavy atom. The summed E-state index contributed by atoms with van der Waals surface area (Å²) in [5.74, 6) is 1.16. The average Bonchev–Trinajstić information content (AvgIpc) is 2.48. The molecule has 0 spiro atoms. The van der Waals surface area contributed by atoms with Crippen LogP contribution in [0.1, 0.15) is 45.4 Å². The molecule has 0 amide bonds. The van der Waals surface area contributed by atoms with E-state index in [0.717, 1.165) is 12.3 Å². The molecule has 2 heteroatoms. The largest absolute Gasteiger partial charge is 0.310 e. The maximum atomic E-state index is 8.97. The number of nitrogens with one attached hydrogen (secondary N) is 1. The van der Waals surface area contributed by atoms with Crippen molar-refractivity contribution in [3.8, 4) is 6.07 Å². The second kappa shape index (κ2) is 4.31. The van der Waals surface area contributed by atoms with Crippen molar-refractivity contribution in [1.82, 2.24) is 5.32 Å². The minimum atomic E-state index is 0.275. The molecular weight excluding hydrogens is 172 g/mol. The van der Waals surface area contributed by atoms with Crippen LogP contribution in [0.15, 0.2) is 0 Å². The number of nitrogens with zero attached hydrogens (tertiary/aromatic N) is 1. The molecule has 0 aromatic rings. The summed E-state index contributed by atoms with van der Waals surface area (Å²) in [6, 6.07) is 3.54. The summed E-state index contributed by atoms with van der Waals surface area (Å²) in [6.45, 7) is 2.29. The van der Waals surface area contributed by atoms with E-state index in [1.807, 2.05) is 0 Å². The fourth-order valence-corrected chi connectivity index (χ4v) is 2.73. The summed E-state index contributed by atoms with van der Waals surface area (Å²) in [6.07, 6.45) is 7.72. The van der Waals surface area contributed by atoms with Crippen LogP contribution in [0.3, 0.4) is 0 Å². The van der Waals surface area contributed by atoms with Crippen LogP contribution in [0.4, 0.5) is 0 Å². The van der Waals surface area contributed by atoms with Crippen molar-refractivity contribution < 1.29 is 0 Å². The molecule has 0 aromatic heterocycles. The van der Waals surface area contributed by atoms with Crippen molar-refractivity contribution in [3.63, 3.8) is 0 Å². The van der Waals surface area contributed by atoms with Gasteiger partial charge in [-0.05, 0) is 38.5 Å². The molecular formula is C12H20N2. The quantitative estimate of drug-likeness (QED) is 0.745. The second-order valence-electron chi connectivity index (χ2n) is 4.92. The third-order valence-corrected chi connectivity index (χ3v) is 4.02. The van der Waals surface area contributed by atoms with E-state index in [-0.39, 0.29) is 5.92 Å². The van der Waals surface area contributed by atoms with Crippen molar-refractivity contribution in [2.75, 3.05) is 0 Å². The SMILES string of the molecule is CC(NC1CCCC1C#N)C1CCC1. The van der Waals surface area contributed by atoms with Crippen LogP contribution in [0, 0.1) is 23.2 Å². The first-order chi connectivity index (χ1) is 6.81. The first-order valence-electron chi connectivity index (χ1n) is 5.97. The molecule has 0 saturated heterocycles. The smallest absolute Gasteiger partial charge is 0.0672 e. The van der Waals surface area contributed by atoms with Crippen LogP contribution in [-0.4, -0.2) is 12.1 Å². The van der Waals surface area contributed by atoms with Gasteiger partial charge in [-0.15, -0.1) is 0 Å². The molecule has 2 aliphatic carbocycles. The lowest BCUT2D eigenvalue weighted by atomic mass is 9.80. The van der Waals surface area contributed by atoms with Crippen LogP contribution in [-0.2, 0) is 0 Å². The summed E-state index contributed by atoms with van der Waals surface area (Å²) in [5, 5.41) is 12.6. The molecule has 2 aliphatic rings. The van der Waals surface area contributed by atoms with E-state index in [1.54, 1.807) is 0 Å². The highest BCUT2D eigenvalue weighted by Gasteiger charge is 2.31. The topological polar surface area (TPSA) is 35.8 Å². The first kappa shape index (κ1) is 9.98. The maximum Gasteiger partial charge on any atom is 0.0672 e. The van der Waals surface area contributed by atoms with Gasteiger partial charge < -0.3 is 5.32 Å². The molecule has 3 unspecified atom stereocenters. The van der Waals surface area contributed by atoms with Gasteiger partial charge in [0.1, 0.15) is 0 Å². The molecule has 0 bridgehead atoms. The summed E-state index contributed by atoms with van der Waals surface area (Å²) in [5.41, 5.74) is 0. The molecule has 2 saturated carbocycles. The van der Waals surface area contributed by atoms with E-state index in [2.05, 4.69) is 18.3 Å². The number of nitriles is 1. The monoisotopic (exact) mass is 192 g/mol. The van der Waals surface area contributed by atoms with Crippen molar-refractivity contribution >= 4 is 0 Å². The van der Waals surface area contributed by atoms with Gasteiger partial charge in [-0.25, -0.2) is 0 Å². The molecule has 14 heavy (non-hydrogen) atoms. The third-order valence-electron chi connectivity index (χ3n) is 4.02. The highest BCUT2D eigenvalue weighted by Crippen LogP contribution is 2.32. The number of hydrogen-bond acceptors (Lipinski definition) is 2. The van der Waals surface area contributed by atoms with Crippen molar-refractivity contribution in [3.05, 3.63) is 0 Å². The van der Waals surface area contributed by atoms with Gasteiger partial charge in [-0.1, -0.05) is 12.8 Å². The van der Waals surface area contributed by atoms with Crippen LogP contribution >= 0.6 is 0 Å². The van der Waals surface area contributed by atoms with Gasteiger partial charge in [0.2, 0.25) is 0 Å². The Balaban J connectivity index is 1.81. The van der Waals surface area contributed by atoms with Crippen molar-refractivity contribution in [2.24, 2.45) is 11.8 Å². The fraction of sp³-hybridized carbons (Fsp3) is 0.917. The zero-order valence-corrected chi connectivity index (χ0v) is 9.00. The van der Waals surface area contributed by atoms with E-state index in [4.69, 9.17) is 5.26 Å². The first-order valence-corrected chi connectivity index (χ1v) is 5.97. The van der Waals surface area contributed by atoms with Gasteiger partial charge in [0.05, 0.1) is 12.0 Å². The van der Waals surface area contributed by atoms with E-state index in [0.29, 0.717) is 12.1 Å². The summed E-state index contributed by atoms with van der Waals surface area (Å²) in [4.78, 5) is 0. The molecule has 0 aliphatic heterocycles. The van der Waals surface area contributed by atoms with Crippen molar-refractivity contribution in [2.45, 2.75) is 57.5 Å². The number of rotatable bonds is 3. The summed E-state index contributed by atoms with van der Waals surface area (Å²) in [7, 11) is 0. The van der Waals surface area contributed by atoms with Gasteiger partial charge in [0.25, 0.3) is 0 Å². The van der Waals surface area contributed by atoms with Crippen molar-refractivity contribution in [1.29, 1.82) is 5.26 Å². The van der Waals surface area contributed by atoms with E-state index in [9.17, 15) is 0 Å². The maximum absolute atomic E-state index is 8.97. The van der Waals surface area contributed by atoms with E-state index in [1.165, 1.54) is 32.1 Å². The zero-order valence-electron chi connectivity index (χ0n) is 9.00. The minimum absolute atomic E-state index is 0.275. The molecule has 78 valence electrons. The Labute approximate surface area is 86.7 Å². The molecule has 2 fully saturated rings. The molecule has 0 aromatic carbocycles. The zero-order chi connectivity index (χ0) is 9.97. The summed E-state index contributed by atoms with van der Waals surface area (Å²) < 4.78 is 0. The van der Waals surface area contributed by atoms with Crippen LogP contribution in [0.2, 0.25) is 0 Å². The predicted octanol–water partition coefficient (Wildman–Crippen LogP) is 2.46. The van der Waals surface area contributed by atoms with E-state index < -0.39 is 0 Å². The lowest BCUT2D eigenvalue weighted by molar-refractivity contribution is 0.221. The minimum Gasteiger partial charge on any atom is -0.310 e. The van der Waals surface area contributed by atoms with Crippen LogP contribution in [0.25, 0.3) is 0 Å². The van der Waals surface area contributed by atoms with Gasteiger partial charge in [-0.3, -0.25) is 0 Å². The highest BCUT2D eigenvalue weighted by atomic mass is 15.0. The number of hydrogen-bond donors (Lipinski definition) is 1. The Morgan fingerprint density at radius 3 is 2.50 bits per heavy atom. The summed E-state index contributed by atoms with van der Waals surface area (Å²) >= 11 is 0. The molecule has 2 rings (SSSR count). The Morgan fingerprint density at radius 2 is 1.93 bits per heavy atom. The predicted molar refractivity (Wildman–Crippen MR) is 56.7 cm³/mol. The highest BCUT2D eigenvalue weighted by molar-refractivity contribution is 4.98. The Hall–Kier alpha value is -0.550. The molecule has 1 N–H and O–H groups in total. The van der Waals surface area contributed by atoms with Gasteiger partial charge >= 0.3 is 0 Å². The third kappa shape index (κ3) is 1.93. The lowest BCUT2D eigenvalue weighted by Gasteiger charge is -2.34. The fourth-order valence-electron chi connectivity index (χ4n) is 2.73. The second-order valence-corrected chi connectivity index (χ2v) is 4.92. The Bertz CT molecular complexity index is 227. The Kier molecular flexibility index (Phi) is 3.08. The van der Waals surface area contributed by atoms with Crippen LogP contribution < -0.4 is 5.32 Å². The average molecular weight is 192 g/mol. The molecule has 2 nitrogen and oxygen atoms in total. The lowest BCUT2D eigenvalue weighted by Crippen LogP contribution is -2.44. The van der Waals surface area contributed by atoms with Gasteiger partial charge in [0, 0.05) is 12.1 Å². The van der Waals surface area contributed by atoms with Gasteiger partial charge in [0.15, 0.2) is 0 Å². The standard InChI is InChI=1S/C12H20N2/c1-9(10-4-2-5-10)14-12-7-3-6-11(12)8-13/h9-12,14H,2-7H2,1H3. The van der Waals surface area contributed by atoms with E-state index >= 15 is 0 Å². The normalized spacial score (nSPS) is 34.9. The van der Waals surface area contributed by atoms with Gasteiger partial charge in [-0.2, -0.15) is 5.26 Å². The molecule has 3 atom stereocenters. The molecule has 0 radical (unpaired) electrons. The van der Waals surface area contributed by atoms with Crippen LogP contribution in [0.5, 0.6) is 0 Å². The molecule has 0 heterocycles.